The number of hydrogen-bond acceptors (Lipinski definition) is 3. The summed E-state index contributed by atoms with van der Waals surface area (Å²) in [6.45, 7) is 1.93. The van der Waals surface area contributed by atoms with Gasteiger partial charge in [0.1, 0.15) is 5.75 Å². The number of hydrogen-bond donors (Lipinski definition) is 1. The van der Waals surface area contributed by atoms with Crippen LogP contribution >= 0.6 is 22.6 Å². The molecule has 0 aromatic heterocycles. The van der Waals surface area contributed by atoms with Gasteiger partial charge in [0.25, 0.3) is 5.91 Å². The Bertz CT molecular complexity index is 639. The van der Waals surface area contributed by atoms with Gasteiger partial charge in [-0.25, -0.2) is 5.43 Å². The fourth-order valence-corrected chi connectivity index (χ4v) is 2.15. The van der Waals surface area contributed by atoms with Crippen LogP contribution in [0.2, 0.25) is 0 Å². The molecule has 0 unspecified atom stereocenters. The average molecular weight is 394 g/mol. The summed E-state index contributed by atoms with van der Waals surface area (Å²) in [6, 6.07) is 15.3. The van der Waals surface area contributed by atoms with E-state index in [1.165, 1.54) is 0 Å². The molecule has 0 fully saturated rings. The van der Waals surface area contributed by atoms with Crippen molar-refractivity contribution in [3.8, 4) is 5.75 Å². The van der Waals surface area contributed by atoms with E-state index in [9.17, 15) is 4.79 Å². The van der Waals surface area contributed by atoms with Crippen LogP contribution in [0.25, 0.3) is 0 Å². The second kappa shape index (κ2) is 7.78. The number of carbonyl (C=O) groups excluding carboxylic acids is 1. The van der Waals surface area contributed by atoms with Crippen molar-refractivity contribution in [2.45, 2.75) is 6.92 Å². The first-order chi connectivity index (χ1) is 10.1. The van der Waals surface area contributed by atoms with Gasteiger partial charge in [-0.05, 0) is 59.3 Å². The number of amides is 1. The van der Waals surface area contributed by atoms with Crippen LogP contribution in [0.3, 0.4) is 0 Å². The van der Waals surface area contributed by atoms with E-state index in [-0.39, 0.29) is 12.5 Å². The zero-order valence-electron chi connectivity index (χ0n) is 11.5. The lowest BCUT2D eigenvalue weighted by Gasteiger charge is -2.05. The number of aryl methyl sites for hydroxylation is 1. The summed E-state index contributed by atoms with van der Waals surface area (Å²) in [7, 11) is 0. The third-order valence-corrected chi connectivity index (χ3v) is 3.31. The van der Waals surface area contributed by atoms with E-state index >= 15 is 0 Å². The summed E-state index contributed by atoms with van der Waals surface area (Å²) in [4.78, 5) is 11.6. The predicted octanol–water partition coefficient (Wildman–Crippen LogP) is 3.13. The van der Waals surface area contributed by atoms with Gasteiger partial charge < -0.3 is 4.74 Å². The van der Waals surface area contributed by atoms with Crippen LogP contribution in [0.15, 0.2) is 53.6 Å². The lowest BCUT2D eigenvalue weighted by atomic mass is 10.2. The third-order valence-electron chi connectivity index (χ3n) is 2.64. The molecule has 0 atom stereocenters. The molecule has 0 radical (unpaired) electrons. The van der Waals surface area contributed by atoms with Crippen molar-refractivity contribution in [2.24, 2.45) is 5.10 Å². The van der Waals surface area contributed by atoms with Crippen molar-refractivity contribution in [1.82, 2.24) is 5.43 Å². The molecular formula is C16H15IN2O2. The Morgan fingerprint density at radius 1 is 1.29 bits per heavy atom. The highest BCUT2D eigenvalue weighted by atomic mass is 127. The Hall–Kier alpha value is -1.89. The first-order valence-corrected chi connectivity index (χ1v) is 7.48. The zero-order valence-corrected chi connectivity index (χ0v) is 13.7. The molecule has 0 aliphatic heterocycles. The Morgan fingerprint density at radius 2 is 2.05 bits per heavy atom. The predicted molar refractivity (Wildman–Crippen MR) is 91.6 cm³/mol. The normalized spacial score (nSPS) is 10.6. The standard InChI is InChI=1S/C16H15IN2O2/c1-12-5-7-15(8-6-12)21-11-16(20)19-18-10-13-3-2-4-14(17)9-13/h2-10H,11H2,1H3,(H,19,20). The van der Waals surface area contributed by atoms with Gasteiger partial charge in [0.15, 0.2) is 6.61 Å². The maximum Gasteiger partial charge on any atom is 0.277 e. The fraction of sp³-hybridized carbons (Fsp3) is 0.125. The van der Waals surface area contributed by atoms with E-state index in [1.54, 1.807) is 6.21 Å². The van der Waals surface area contributed by atoms with Crippen molar-refractivity contribution < 1.29 is 9.53 Å². The maximum absolute atomic E-state index is 11.6. The average Bonchev–Trinajstić information content (AvgIpc) is 2.47. The molecule has 0 heterocycles. The van der Waals surface area contributed by atoms with Gasteiger partial charge in [0, 0.05) is 3.57 Å². The lowest BCUT2D eigenvalue weighted by molar-refractivity contribution is -0.123. The van der Waals surface area contributed by atoms with E-state index in [1.807, 2.05) is 55.5 Å². The molecule has 0 saturated heterocycles. The van der Waals surface area contributed by atoms with Crippen molar-refractivity contribution in [1.29, 1.82) is 0 Å². The number of rotatable bonds is 5. The summed E-state index contributed by atoms with van der Waals surface area (Å²) >= 11 is 2.22. The molecule has 1 amide bonds. The number of carbonyl (C=O) groups is 1. The van der Waals surface area contributed by atoms with Gasteiger partial charge in [0.05, 0.1) is 6.21 Å². The largest absolute Gasteiger partial charge is 0.484 e. The van der Waals surface area contributed by atoms with Gasteiger partial charge >= 0.3 is 0 Å². The number of nitrogens with one attached hydrogen (secondary N) is 1. The van der Waals surface area contributed by atoms with Gasteiger partial charge in [-0.2, -0.15) is 5.10 Å². The van der Waals surface area contributed by atoms with Crippen LogP contribution in [-0.2, 0) is 4.79 Å². The van der Waals surface area contributed by atoms with Gasteiger partial charge in [-0.1, -0.05) is 29.8 Å². The summed E-state index contributed by atoms with van der Waals surface area (Å²) in [5, 5.41) is 3.90. The minimum absolute atomic E-state index is 0.0628. The van der Waals surface area contributed by atoms with Crippen molar-refractivity contribution in [3.63, 3.8) is 0 Å². The molecule has 4 nitrogen and oxygen atoms in total. The highest BCUT2D eigenvalue weighted by molar-refractivity contribution is 14.1. The molecular weight excluding hydrogens is 379 g/mol. The quantitative estimate of drug-likeness (QED) is 0.481. The van der Waals surface area contributed by atoms with Crippen molar-refractivity contribution in [2.75, 3.05) is 6.61 Å². The van der Waals surface area contributed by atoms with Crippen LogP contribution in [0.5, 0.6) is 5.75 Å². The van der Waals surface area contributed by atoms with Crippen molar-refractivity contribution in [3.05, 3.63) is 63.2 Å². The molecule has 2 aromatic rings. The molecule has 0 aliphatic carbocycles. The second-order valence-electron chi connectivity index (χ2n) is 4.45. The molecule has 0 aliphatic rings. The monoisotopic (exact) mass is 394 g/mol. The van der Waals surface area contributed by atoms with E-state index < -0.39 is 0 Å². The van der Waals surface area contributed by atoms with E-state index in [0.29, 0.717) is 5.75 Å². The number of nitrogens with zero attached hydrogens (tertiary/aromatic N) is 1. The number of ether oxygens (including phenoxy) is 1. The first-order valence-electron chi connectivity index (χ1n) is 6.40. The van der Waals surface area contributed by atoms with Gasteiger partial charge in [-0.15, -0.1) is 0 Å². The van der Waals surface area contributed by atoms with E-state index in [0.717, 1.165) is 14.7 Å². The Balaban J connectivity index is 1.78. The second-order valence-corrected chi connectivity index (χ2v) is 5.70. The summed E-state index contributed by atoms with van der Waals surface area (Å²) < 4.78 is 6.47. The summed E-state index contributed by atoms with van der Waals surface area (Å²) in [5.41, 5.74) is 4.51. The van der Waals surface area contributed by atoms with Gasteiger partial charge in [-0.3, -0.25) is 4.79 Å². The van der Waals surface area contributed by atoms with Crippen molar-refractivity contribution >= 4 is 34.7 Å². The van der Waals surface area contributed by atoms with Crippen LogP contribution < -0.4 is 10.2 Å². The third kappa shape index (κ3) is 5.55. The highest BCUT2D eigenvalue weighted by Crippen LogP contribution is 2.10. The Kier molecular flexibility index (Phi) is 5.74. The number of benzene rings is 2. The zero-order chi connectivity index (χ0) is 15.1. The van der Waals surface area contributed by atoms with Crippen LogP contribution in [0, 0.1) is 10.5 Å². The number of hydrazone groups is 1. The smallest absolute Gasteiger partial charge is 0.277 e. The fourth-order valence-electron chi connectivity index (χ4n) is 1.58. The molecule has 108 valence electrons. The Morgan fingerprint density at radius 3 is 2.76 bits per heavy atom. The molecule has 5 heteroatoms. The minimum atomic E-state index is -0.294. The van der Waals surface area contributed by atoms with Crippen LogP contribution in [0.1, 0.15) is 11.1 Å². The summed E-state index contributed by atoms with van der Waals surface area (Å²) in [6.07, 6.45) is 1.60. The molecule has 0 bridgehead atoms. The first kappa shape index (κ1) is 15.5. The maximum atomic E-state index is 11.6. The molecule has 2 rings (SSSR count). The highest BCUT2D eigenvalue weighted by Gasteiger charge is 2.01. The molecule has 2 aromatic carbocycles. The minimum Gasteiger partial charge on any atom is -0.484 e. The molecule has 21 heavy (non-hydrogen) atoms. The molecule has 0 spiro atoms. The molecule has 1 N–H and O–H groups in total. The molecule has 0 saturated carbocycles. The van der Waals surface area contributed by atoms with E-state index in [4.69, 9.17) is 4.74 Å². The van der Waals surface area contributed by atoms with Crippen LogP contribution in [-0.4, -0.2) is 18.7 Å². The van der Waals surface area contributed by atoms with E-state index in [2.05, 4.69) is 33.1 Å². The number of halogens is 1. The van der Waals surface area contributed by atoms with Gasteiger partial charge in [0.2, 0.25) is 0 Å². The Labute approximate surface area is 137 Å². The lowest BCUT2D eigenvalue weighted by Crippen LogP contribution is -2.24. The topological polar surface area (TPSA) is 50.7 Å². The summed E-state index contributed by atoms with van der Waals surface area (Å²) in [5.74, 6) is 0.370. The SMILES string of the molecule is Cc1ccc(OCC(=O)NN=Cc2cccc(I)c2)cc1. The van der Waals surface area contributed by atoms with Crippen LogP contribution in [0.4, 0.5) is 0 Å².